The zero-order valence-electron chi connectivity index (χ0n) is 28.6. The average molecular weight is 932 g/mol. The number of aliphatic hydroxyl groups excluding tert-OH is 1. The van der Waals surface area contributed by atoms with E-state index in [-0.39, 0.29) is 37.3 Å². The van der Waals surface area contributed by atoms with Gasteiger partial charge in [0, 0.05) is 42.6 Å². The van der Waals surface area contributed by atoms with Crippen molar-refractivity contribution in [3.8, 4) is 0 Å². The van der Waals surface area contributed by atoms with Crippen LogP contribution in [-0.2, 0) is 67.5 Å². The summed E-state index contributed by atoms with van der Waals surface area (Å²) in [5.74, 6) is -0.267. The van der Waals surface area contributed by atoms with Crippen molar-refractivity contribution in [3.63, 3.8) is 0 Å². The third-order valence-electron chi connectivity index (χ3n) is 6.47. The molecule has 1 fully saturated rings. The molecule has 1 saturated heterocycles. The molecular formula is C20H38N6O24P6. The topological polar surface area (TPSA) is 451 Å². The Kier molecular flexibility index (Phi) is 19.3. The molecule has 1 aliphatic heterocycles. The molecule has 2 rings (SSSR count). The quantitative estimate of drug-likeness (QED) is 0.0211. The number of nitrogens with zero attached hydrogens (tertiary/aromatic N) is 4. The van der Waals surface area contributed by atoms with Gasteiger partial charge in [-0.15, -0.1) is 0 Å². The van der Waals surface area contributed by atoms with Crippen LogP contribution in [0.15, 0.2) is 20.9 Å². The van der Waals surface area contributed by atoms with Crippen LogP contribution in [0.2, 0.25) is 0 Å². The van der Waals surface area contributed by atoms with Crippen LogP contribution in [0, 0.1) is 6.92 Å². The number of aromatic amines is 1. The van der Waals surface area contributed by atoms with Gasteiger partial charge in [0.05, 0.1) is 19.3 Å². The normalized spacial score (nSPS) is 23.6. The minimum absolute atomic E-state index is 0.0591. The molecule has 0 bridgehead atoms. The van der Waals surface area contributed by atoms with E-state index < -0.39 is 89.8 Å². The van der Waals surface area contributed by atoms with E-state index in [0.29, 0.717) is 32.2 Å². The predicted octanol–water partition coefficient (Wildman–Crippen LogP) is 1.98. The summed E-state index contributed by atoms with van der Waals surface area (Å²) in [5.41, 5.74) is 6.61. The van der Waals surface area contributed by atoms with Gasteiger partial charge in [-0.2, -0.15) is 21.6 Å². The molecule has 1 aromatic rings. The maximum Gasteiger partial charge on any atom is 0.490 e. The Morgan fingerprint density at radius 2 is 1.39 bits per heavy atom. The van der Waals surface area contributed by atoms with Crippen molar-refractivity contribution in [2.24, 2.45) is 5.11 Å². The monoisotopic (exact) mass is 932 g/mol. The number of rotatable bonds is 26. The molecule has 0 radical (unpaired) electrons. The second-order valence-electron chi connectivity index (χ2n) is 11.1. The fourth-order valence-electron chi connectivity index (χ4n) is 4.19. The van der Waals surface area contributed by atoms with E-state index in [0.717, 1.165) is 10.8 Å². The molecule has 322 valence electrons. The molecule has 0 spiro atoms. The molecule has 1 aromatic heterocycles. The van der Waals surface area contributed by atoms with Gasteiger partial charge in [0.25, 0.3) is 5.56 Å². The van der Waals surface area contributed by atoms with E-state index in [9.17, 15) is 76.2 Å². The molecular weight excluding hydrogens is 894 g/mol. The number of azide groups is 1. The summed E-state index contributed by atoms with van der Waals surface area (Å²) in [4.78, 5) is 97.8. The number of aryl methyl sites for hydroxylation is 1. The van der Waals surface area contributed by atoms with Gasteiger partial charge in [0.1, 0.15) is 12.3 Å². The van der Waals surface area contributed by atoms with Crippen LogP contribution in [0.3, 0.4) is 0 Å². The van der Waals surface area contributed by atoms with Crippen LogP contribution < -0.4 is 16.6 Å². The summed E-state index contributed by atoms with van der Waals surface area (Å²) < 4.78 is 106. The number of aromatic nitrogens is 2. The highest BCUT2D eigenvalue weighted by Gasteiger charge is 2.50. The first-order valence-electron chi connectivity index (χ1n) is 15.4. The van der Waals surface area contributed by atoms with Gasteiger partial charge in [-0.05, 0) is 31.7 Å². The predicted molar refractivity (Wildman–Crippen MR) is 182 cm³/mol. The van der Waals surface area contributed by atoms with Crippen LogP contribution >= 0.6 is 46.9 Å². The summed E-state index contributed by atoms with van der Waals surface area (Å²) in [6.45, 7) is 0.121. The van der Waals surface area contributed by atoms with Crippen LogP contribution in [0.5, 0.6) is 0 Å². The average Bonchev–Trinajstić information content (AvgIpc) is 3.38. The summed E-state index contributed by atoms with van der Waals surface area (Å²) in [6, 6.07) is 0. The van der Waals surface area contributed by atoms with Crippen molar-refractivity contribution in [1.29, 1.82) is 0 Å². The van der Waals surface area contributed by atoms with E-state index in [1.165, 1.54) is 6.92 Å². The summed E-state index contributed by atoms with van der Waals surface area (Å²) in [5, 5.41) is 16.1. The smallest absolute Gasteiger partial charge is 0.390 e. The number of hydrogen-bond donors (Lipinski definition) is 9. The molecule has 30 nitrogen and oxygen atoms in total. The standard InChI is InChI=1S/C20H38N6O24P6/c1-14-12-26(20(30)24-19(14)29)18-11-15(27)16(45-18)13-44-52(33,34)47-54(37,38)49-56(41,42)50-55(39,40)48-53(35,36)46-51(31,32)43-10-5-3-2-4-8-22-17(28)7-6-9-23-25-21/h12,15-16,18,27H,2-11,13H2,1H3,(H,22,28)(H,31,32)(H,33,34)(H,35,36)(H,37,38)(H,39,40)(H,41,42)(H,24,29,30)/t15?,16-,18-/m1/s1. The SMILES string of the molecule is Cc1cn([C@H]2CC(O)[C@@H](COP(=O)(O)OP(=O)(O)OP(=O)(O)OP(=O)(O)OP(=O)(O)OP(=O)(O)OCCCCCCNC(=O)CCCN=[N+]=[N-])O2)c(=O)[nH]c1=O. The number of ether oxygens (including phenoxy) is 1. The molecule has 56 heavy (non-hydrogen) atoms. The van der Waals surface area contributed by atoms with Crippen molar-refractivity contribution in [2.75, 3.05) is 26.3 Å². The first kappa shape index (κ1) is 50.4. The summed E-state index contributed by atoms with van der Waals surface area (Å²) in [7, 11) is -36.9. The number of nitrogens with one attached hydrogen (secondary N) is 2. The molecule has 1 aliphatic rings. The minimum Gasteiger partial charge on any atom is -0.390 e. The highest BCUT2D eigenvalue weighted by Crippen LogP contribution is 2.75. The van der Waals surface area contributed by atoms with Gasteiger partial charge in [-0.25, -0.2) is 32.2 Å². The Morgan fingerprint density at radius 1 is 0.875 bits per heavy atom. The van der Waals surface area contributed by atoms with E-state index in [1.807, 2.05) is 4.98 Å². The third kappa shape index (κ3) is 19.3. The third-order valence-corrected chi connectivity index (χ3v) is 15.7. The number of phosphoric acid groups is 6. The fraction of sp³-hybridized carbons (Fsp3) is 0.750. The molecule has 36 heteroatoms. The number of unbranched alkanes of at least 4 members (excludes halogenated alkanes) is 3. The lowest BCUT2D eigenvalue weighted by Gasteiger charge is -2.21. The Balaban J connectivity index is 1.81. The fourth-order valence-corrected chi connectivity index (χ4v) is 12.0. The molecule has 2 heterocycles. The van der Waals surface area contributed by atoms with E-state index in [4.69, 9.17) is 10.3 Å². The van der Waals surface area contributed by atoms with Gasteiger partial charge in [-0.1, -0.05) is 18.0 Å². The molecule has 9 atom stereocenters. The number of amides is 1. The Morgan fingerprint density at radius 3 is 1.95 bits per heavy atom. The highest BCUT2D eigenvalue weighted by atomic mass is 31.3. The zero-order valence-corrected chi connectivity index (χ0v) is 34.0. The van der Waals surface area contributed by atoms with Crippen LogP contribution in [0.4, 0.5) is 0 Å². The van der Waals surface area contributed by atoms with Gasteiger partial charge in [-0.3, -0.25) is 28.2 Å². The lowest BCUT2D eigenvalue weighted by molar-refractivity contribution is -0.121. The van der Waals surface area contributed by atoms with E-state index in [1.54, 1.807) is 0 Å². The van der Waals surface area contributed by atoms with Crippen molar-refractivity contribution in [3.05, 3.63) is 43.0 Å². The highest BCUT2D eigenvalue weighted by molar-refractivity contribution is 7.72. The maximum atomic E-state index is 12.2. The first-order chi connectivity index (χ1) is 25.7. The van der Waals surface area contributed by atoms with Crippen molar-refractivity contribution >= 4 is 52.8 Å². The maximum absolute atomic E-state index is 12.2. The number of aliphatic hydroxyl groups is 1. The van der Waals surface area contributed by atoms with Crippen molar-refractivity contribution in [2.45, 2.75) is 70.3 Å². The molecule has 7 unspecified atom stereocenters. The summed E-state index contributed by atoms with van der Waals surface area (Å²) >= 11 is 0. The Hall–Kier alpha value is -1.76. The number of carbonyl (C=O) groups is 1. The van der Waals surface area contributed by atoms with Gasteiger partial charge < -0.3 is 44.5 Å². The minimum atomic E-state index is -6.49. The molecule has 1 amide bonds. The number of H-pyrrole nitrogens is 1. The van der Waals surface area contributed by atoms with Gasteiger partial charge >= 0.3 is 52.6 Å². The lowest BCUT2D eigenvalue weighted by atomic mass is 10.2. The van der Waals surface area contributed by atoms with Gasteiger partial charge in [0.2, 0.25) is 5.91 Å². The second kappa shape index (κ2) is 21.5. The Bertz CT molecular complexity index is 1990. The van der Waals surface area contributed by atoms with Crippen LogP contribution in [0.25, 0.3) is 10.4 Å². The largest absolute Gasteiger partial charge is 0.490 e. The lowest BCUT2D eigenvalue weighted by Crippen LogP contribution is -2.33. The molecule has 0 saturated carbocycles. The van der Waals surface area contributed by atoms with Crippen molar-refractivity contribution < 1.29 is 102 Å². The van der Waals surface area contributed by atoms with E-state index in [2.05, 4.69) is 45.9 Å². The Labute approximate surface area is 314 Å². The molecule has 9 N–H and O–H groups in total. The van der Waals surface area contributed by atoms with E-state index >= 15 is 0 Å². The van der Waals surface area contributed by atoms with Crippen LogP contribution in [-0.4, -0.2) is 88.4 Å². The number of hydrogen-bond acceptors (Lipinski definition) is 19. The molecule has 0 aliphatic carbocycles. The first-order valence-corrected chi connectivity index (χ1v) is 24.4. The summed E-state index contributed by atoms with van der Waals surface area (Å²) in [6.07, 6.45) is -1.60. The molecule has 0 aromatic carbocycles. The van der Waals surface area contributed by atoms with Crippen LogP contribution in [0.1, 0.15) is 56.7 Å². The van der Waals surface area contributed by atoms with Gasteiger partial charge in [0.15, 0.2) is 0 Å². The van der Waals surface area contributed by atoms with Crippen molar-refractivity contribution in [1.82, 2.24) is 14.9 Å². The zero-order chi connectivity index (χ0) is 42.6. The number of phosphoric ester groups is 2. The number of carbonyl (C=O) groups excluding carboxylic acids is 1. The second-order valence-corrected chi connectivity index (χ2v) is 20.5.